The molecule has 154 valence electrons. The fourth-order valence-corrected chi connectivity index (χ4v) is 5.45. The first-order chi connectivity index (χ1) is 14.2. The maximum absolute atomic E-state index is 12.9. The summed E-state index contributed by atoms with van der Waals surface area (Å²) >= 11 is 1.78. The number of pyridine rings is 1. The highest BCUT2D eigenvalue weighted by atomic mass is 32.2. The van der Waals surface area contributed by atoms with Crippen molar-refractivity contribution < 1.29 is 9.53 Å². The zero-order valence-corrected chi connectivity index (χ0v) is 17.8. The molecule has 1 saturated heterocycles. The third-order valence-electron chi connectivity index (χ3n) is 5.86. The molecule has 0 radical (unpaired) electrons. The number of methoxy groups -OCH3 is 1. The van der Waals surface area contributed by atoms with E-state index in [0.29, 0.717) is 5.25 Å². The van der Waals surface area contributed by atoms with Gasteiger partial charge in [0.15, 0.2) is 0 Å². The number of ether oxygens (including phenoxy) is 1. The smallest absolute Gasteiger partial charge is 0.254 e. The third kappa shape index (κ3) is 5.04. The zero-order valence-electron chi connectivity index (χ0n) is 17.0. The van der Waals surface area contributed by atoms with Gasteiger partial charge in [-0.25, -0.2) is 4.98 Å². The number of amides is 1. The largest absolute Gasteiger partial charge is 0.497 e. The van der Waals surface area contributed by atoms with E-state index >= 15 is 0 Å². The Morgan fingerprint density at radius 3 is 2.52 bits per heavy atom. The van der Waals surface area contributed by atoms with Crippen LogP contribution >= 0.6 is 11.8 Å². The fraction of sp³-hybridized carbons (Fsp3) is 0.478. The minimum absolute atomic E-state index is 0.0153. The number of hydrogen-bond acceptors (Lipinski definition) is 5. The number of benzene rings is 1. The highest BCUT2D eigenvalue weighted by molar-refractivity contribution is 7.99. The van der Waals surface area contributed by atoms with Crippen LogP contribution in [0.2, 0.25) is 0 Å². The summed E-state index contributed by atoms with van der Waals surface area (Å²) in [4.78, 5) is 19.8. The number of anilines is 1. The van der Waals surface area contributed by atoms with Crippen molar-refractivity contribution in [3.05, 3.63) is 48.2 Å². The molecule has 1 saturated carbocycles. The van der Waals surface area contributed by atoms with E-state index in [1.807, 2.05) is 24.3 Å². The van der Waals surface area contributed by atoms with Crippen LogP contribution < -0.4 is 15.0 Å². The van der Waals surface area contributed by atoms with E-state index in [4.69, 9.17) is 4.74 Å². The molecule has 1 N–H and O–H groups in total. The molecule has 0 atom stereocenters. The molecule has 1 aromatic heterocycles. The maximum Gasteiger partial charge on any atom is 0.254 e. The molecule has 4 rings (SSSR count). The van der Waals surface area contributed by atoms with Gasteiger partial charge in [0, 0.05) is 36.3 Å². The van der Waals surface area contributed by atoms with Gasteiger partial charge in [0.25, 0.3) is 5.91 Å². The first-order valence-corrected chi connectivity index (χ1v) is 11.4. The van der Waals surface area contributed by atoms with Gasteiger partial charge in [-0.05, 0) is 62.1 Å². The lowest BCUT2D eigenvalue weighted by Gasteiger charge is -2.34. The molecule has 1 aromatic carbocycles. The van der Waals surface area contributed by atoms with E-state index in [9.17, 15) is 4.79 Å². The Morgan fingerprint density at radius 2 is 1.83 bits per heavy atom. The molecular formula is C23H29N3O2S. The SMILES string of the molecule is COc1ccc(N2CCC(NC(=O)c3cccnc3SC3CCCC3)CC2)cc1. The van der Waals surface area contributed by atoms with Gasteiger partial charge in [0.05, 0.1) is 12.7 Å². The Bertz CT molecular complexity index is 813. The third-order valence-corrected chi connectivity index (χ3v) is 7.22. The fourth-order valence-electron chi connectivity index (χ4n) is 4.16. The van der Waals surface area contributed by atoms with Crippen molar-refractivity contribution in [2.45, 2.75) is 54.8 Å². The van der Waals surface area contributed by atoms with E-state index in [0.717, 1.165) is 42.3 Å². The number of carbonyl (C=O) groups is 1. The lowest BCUT2D eigenvalue weighted by molar-refractivity contribution is 0.0927. The minimum Gasteiger partial charge on any atom is -0.497 e. The van der Waals surface area contributed by atoms with Crippen molar-refractivity contribution in [3.63, 3.8) is 0 Å². The van der Waals surface area contributed by atoms with Gasteiger partial charge in [-0.15, -0.1) is 11.8 Å². The summed E-state index contributed by atoms with van der Waals surface area (Å²) in [6.07, 6.45) is 8.73. The Balaban J connectivity index is 1.33. The lowest BCUT2D eigenvalue weighted by atomic mass is 10.0. The van der Waals surface area contributed by atoms with Gasteiger partial charge in [0.1, 0.15) is 10.8 Å². The quantitative estimate of drug-likeness (QED) is 0.757. The number of thioether (sulfide) groups is 1. The van der Waals surface area contributed by atoms with Gasteiger partial charge in [-0.3, -0.25) is 4.79 Å². The van der Waals surface area contributed by atoms with Gasteiger partial charge in [-0.2, -0.15) is 0 Å². The molecule has 1 aliphatic heterocycles. The number of rotatable bonds is 6. The summed E-state index contributed by atoms with van der Waals surface area (Å²) in [6, 6.07) is 12.2. The van der Waals surface area contributed by atoms with Crippen LogP contribution in [0.1, 0.15) is 48.9 Å². The monoisotopic (exact) mass is 411 g/mol. The molecule has 0 bridgehead atoms. The molecule has 1 aliphatic carbocycles. The molecule has 5 nitrogen and oxygen atoms in total. The molecule has 6 heteroatoms. The highest BCUT2D eigenvalue weighted by Crippen LogP contribution is 2.35. The number of nitrogens with one attached hydrogen (secondary N) is 1. The van der Waals surface area contributed by atoms with Crippen molar-refractivity contribution in [1.29, 1.82) is 0 Å². The number of piperidine rings is 1. The van der Waals surface area contributed by atoms with Crippen LogP contribution in [0.4, 0.5) is 5.69 Å². The van der Waals surface area contributed by atoms with E-state index in [-0.39, 0.29) is 11.9 Å². The van der Waals surface area contributed by atoms with Crippen molar-refractivity contribution in [2.24, 2.45) is 0 Å². The van der Waals surface area contributed by atoms with Gasteiger partial charge in [0.2, 0.25) is 0 Å². The van der Waals surface area contributed by atoms with Crippen LogP contribution in [-0.2, 0) is 0 Å². The van der Waals surface area contributed by atoms with Gasteiger partial charge in [-0.1, -0.05) is 12.8 Å². The number of aromatic nitrogens is 1. The van der Waals surface area contributed by atoms with Crippen molar-refractivity contribution in [1.82, 2.24) is 10.3 Å². The Labute approximate surface area is 177 Å². The van der Waals surface area contributed by atoms with Gasteiger partial charge < -0.3 is 15.0 Å². The van der Waals surface area contributed by atoms with Crippen LogP contribution in [0.25, 0.3) is 0 Å². The average molecular weight is 412 g/mol. The molecule has 2 aliphatic rings. The summed E-state index contributed by atoms with van der Waals surface area (Å²) in [6.45, 7) is 1.88. The summed E-state index contributed by atoms with van der Waals surface area (Å²) < 4.78 is 5.24. The second-order valence-corrected chi connectivity index (χ2v) is 9.10. The van der Waals surface area contributed by atoms with E-state index < -0.39 is 0 Å². The van der Waals surface area contributed by atoms with E-state index in [2.05, 4.69) is 27.3 Å². The molecule has 2 fully saturated rings. The molecular weight excluding hydrogens is 382 g/mol. The van der Waals surface area contributed by atoms with Crippen molar-refractivity contribution in [3.8, 4) is 5.75 Å². The minimum atomic E-state index is 0.0153. The Hall–Kier alpha value is -2.21. The Kier molecular flexibility index (Phi) is 6.60. The number of carbonyl (C=O) groups excluding carboxylic acids is 1. The standard InChI is InChI=1S/C23H29N3O2S/c1-28-19-10-8-18(9-11-19)26-15-12-17(13-16-26)25-22(27)21-7-4-14-24-23(21)29-20-5-2-3-6-20/h4,7-11,14,17,20H,2-3,5-6,12-13,15-16H2,1H3,(H,25,27). The normalized spacial score (nSPS) is 18.0. The lowest BCUT2D eigenvalue weighted by Crippen LogP contribution is -2.44. The first-order valence-electron chi connectivity index (χ1n) is 10.5. The van der Waals surface area contributed by atoms with Crippen LogP contribution in [-0.4, -0.2) is 42.4 Å². The zero-order chi connectivity index (χ0) is 20.1. The topological polar surface area (TPSA) is 54.5 Å². The average Bonchev–Trinajstić information content (AvgIpc) is 3.28. The van der Waals surface area contributed by atoms with E-state index in [1.165, 1.54) is 31.4 Å². The second-order valence-electron chi connectivity index (χ2n) is 7.81. The number of nitrogens with zero attached hydrogens (tertiary/aromatic N) is 2. The number of hydrogen-bond donors (Lipinski definition) is 1. The van der Waals surface area contributed by atoms with Gasteiger partial charge >= 0.3 is 0 Å². The summed E-state index contributed by atoms with van der Waals surface area (Å²) in [5.41, 5.74) is 1.93. The molecule has 0 unspecified atom stereocenters. The van der Waals surface area contributed by atoms with Crippen molar-refractivity contribution >= 4 is 23.4 Å². The van der Waals surface area contributed by atoms with E-state index in [1.54, 1.807) is 25.1 Å². The van der Waals surface area contributed by atoms with Crippen LogP contribution in [0.15, 0.2) is 47.6 Å². The maximum atomic E-state index is 12.9. The molecule has 0 spiro atoms. The summed E-state index contributed by atoms with van der Waals surface area (Å²) in [5, 5.41) is 4.73. The summed E-state index contributed by atoms with van der Waals surface area (Å²) in [7, 11) is 1.68. The molecule has 2 heterocycles. The first kappa shape index (κ1) is 20.1. The van der Waals surface area contributed by atoms with Crippen molar-refractivity contribution in [2.75, 3.05) is 25.1 Å². The second kappa shape index (κ2) is 9.53. The molecule has 2 aromatic rings. The van der Waals surface area contributed by atoms with Crippen LogP contribution in [0.3, 0.4) is 0 Å². The highest BCUT2D eigenvalue weighted by Gasteiger charge is 2.24. The molecule has 1 amide bonds. The van der Waals surface area contributed by atoms with Crippen LogP contribution in [0, 0.1) is 0 Å². The Morgan fingerprint density at radius 1 is 1.10 bits per heavy atom. The predicted octanol–water partition coefficient (Wildman–Crippen LogP) is 4.52. The van der Waals surface area contributed by atoms with Crippen LogP contribution in [0.5, 0.6) is 5.75 Å². The molecule has 29 heavy (non-hydrogen) atoms. The summed E-state index contributed by atoms with van der Waals surface area (Å²) in [5.74, 6) is 0.889. The predicted molar refractivity (Wildman–Crippen MR) is 118 cm³/mol.